The molecule has 0 radical (unpaired) electrons. The molecule has 2 N–H and O–H groups in total. The van der Waals surface area contributed by atoms with Gasteiger partial charge in [-0.25, -0.2) is 29.9 Å². The average molecular weight is 726 g/mol. The first kappa shape index (κ1) is 24.0. The van der Waals surface area contributed by atoms with Gasteiger partial charge in [-0.3, -0.25) is 0 Å². The molecule has 0 amide bonds. The monoisotopic (exact) mass is 725 g/mol. The molecule has 8 bridgehead atoms. The van der Waals surface area contributed by atoms with Gasteiger partial charge in [-0.2, -0.15) is 0 Å². The third-order valence-corrected chi connectivity index (χ3v) is 7.46. The van der Waals surface area contributed by atoms with Gasteiger partial charge in [-0.05, 0) is 0 Å². The maximum absolute atomic E-state index is 5.02. The zero-order valence-electron chi connectivity index (χ0n) is 21.4. The molecule has 3 aromatic heterocycles. The molecule has 2 aliphatic heterocycles. The van der Waals surface area contributed by atoms with E-state index in [-0.39, 0.29) is 26.6 Å². The Morgan fingerprint density at radius 3 is 0.829 bits per heavy atom. The molecule has 0 unspecified atom stereocenters. The predicted molar refractivity (Wildman–Crippen MR) is 165 cm³/mol. The van der Waals surface area contributed by atoms with Crippen molar-refractivity contribution in [2.45, 2.75) is 0 Å². The average Bonchev–Trinajstić information content (AvgIpc) is 3.73. The minimum Gasteiger partial charge on any atom is -0.324 e. The molecule has 0 fully saturated rings. The van der Waals surface area contributed by atoms with Crippen LogP contribution < -0.4 is 0 Å². The number of nitrogens with zero attached hydrogens (tertiary/aromatic N) is 6. The molecule has 0 aliphatic carbocycles. The largest absolute Gasteiger partial charge is 0.324 e. The number of nitrogens with one attached hydrogen (secondary N) is 2. The summed E-state index contributed by atoms with van der Waals surface area (Å²) >= 11 is 0. The second-order valence-electron chi connectivity index (χ2n) is 9.79. The molecule has 41 heavy (non-hydrogen) atoms. The summed E-state index contributed by atoms with van der Waals surface area (Å²) in [6, 6.07) is 32.2. The molecular weight excluding hydrogens is 705 g/mol. The van der Waals surface area contributed by atoms with Crippen LogP contribution in [0.1, 0.15) is 0 Å². The van der Waals surface area contributed by atoms with Crippen LogP contribution in [-0.4, -0.2) is 66.4 Å². The molecule has 7 aromatic rings. The van der Waals surface area contributed by atoms with Gasteiger partial charge < -0.3 is 9.97 Å². The first-order chi connectivity index (χ1) is 19.8. The van der Waals surface area contributed by atoms with Crippen molar-refractivity contribution in [2.75, 3.05) is 0 Å². The van der Waals surface area contributed by atoms with E-state index in [1.165, 1.54) is 0 Å². The normalized spacial score (nSPS) is 11.7. The zero-order chi connectivity index (χ0) is 26.2. The molecule has 0 atom stereocenters. The van der Waals surface area contributed by atoms with Crippen LogP contribution in [0.3, 0.4) is 0 Å². The molecule has 8 nitrogen and oxygen atoms in total. The molecule has 194 valence electrons. The molecule has 0 saturated heterocycles. The number of aromatic amines is 2. The quantitative estimate of drug-likeness (QED) is 0.200. The smallest absolute Gasteiger partial charge is 0.164 e. The summed E-state index contributed by atoms with van der Waals surface area (Å²) < 4.78 is 0. The van der Waals surface area contributed by atoms with Crippen molar-refractivity contribution in [3.05, 3.63) is 97.1 Å². The Bertz CT molecular complexity index is 2030. The summed E-state index contributed by atoms with van der Waals surface area (Å²) in [5.74, 6) is 2.39. The molecule has 9 heteroatoms. The van der Waals surface area contributed by atoms with Crippen LogP contribution >= 0.6 is 0 Å². The van der Waals surface area contributed by atoms with Crippen LogP contribution in [0.15, 0.2) is 97.1 Å². The van der Waals surface area contributed by atoms with Crippen molar-refractivity contribution in [3.8, 4) is 45.6 Å². The van der Waals surface area contributed by atoms with Gasteiger partial charge in [0, 0.05) is 43.8 Å². The van der Waals surface area contributed by atoms with E-state index in [0.717, 1.165) is 43.8 Å². The first-order valence-electron chi connectivity index (χ1n) is 13.0. The number of H-pyrrole nitrogens is 2. The molecule has 5 heterocycles. The minimum absolute atomic E-state index is 0. The van der Waals surface area contributed by atoms with Crippen LogP contribution in [-0.2, 0) is 0 Å². The fraction of sp³-hybridized carbons (Fsp3) is 0. The number of fused-ring (bicyclic) bond motifs is 20. The van der Waals surface area contributed by atoms with E-state index in [2.05, 4.69) is 9.97 Å². The summed E-state index contributed by atoms with van der Waals surface area (Å²) in [4.78, 5) is 36.8. The Balaban J connectivity index is 0.00000256. The van der Waals surface area contributed by atoms with Crippen molar-refractivity contribution in [1.82, 2.24) is 39.9 Å². The zero-order valence-corrected chi connectivity index (χ0v) is 25.3. The van der Waals surface area contributed by atoms with Gasteiger partial charge in [-0.15, -0.1) is 0 Å². The Labute approximate surface area is 252 Å². The van der Waals surface area contributed by atoms with Crippen LogP contribution in [0, 0.1) is 0 Å². The molecule has 9 rings (SSSR count). The van der Waals surface area contributed by atoms with E-state index in [4.69, 9.17) is 29.9 Å². The third kappa shape index (κ3) is 3.63. The Kier molecular flexibility index (Phi) is 5.31. The Morgan fingerprint density at radius 1 is 0.317 bits per heavy atom. The number of hydrogen-bond donors (Lipinski definition) is 2. The summed E-state index contributed by atoms with van der Waals surface area (Å²) in [6.45, 7) is 0. The second-order valence-corrected chi connectivity index (χ2v) is 9.79. The van der Waals surface area contributed by atoms with Gasteiger partial charge in [0.05, 0.1) is 0 Å². The molecule has 0 spiro atoms. The summed E-state index contributed by atoms with van der Waals surface area (Å²) in [5.41, 5.74) is 6.45. The Morgan fingerprint density at radius 2 is 0.561 bits per heavy atom. The van der Waals surface area contributed by atoms with Gasteiger partial charge in [-0.1, -0.05) is 97.1 Å². The van der Waals surface area contributed by atoms with Gasteiger partial charge >= 0.3 is 26.6 Å². The van der Waals surface area contributed by atoms with E-state index in [1.54, 1.807) is 0 Å². The van der Waals surface area contributed by atoms with Gasteiger partial charge in [0.2, 0.25) is 0 Å². The van der Waals surface area contributed by atoms with E-state index >= 15 is 0 Å². The fourth-order valence-corrected chi connectivity index (χ4v) is 5.59. The number of hydrogen-bond acceptors (Lipinski definition) is 6. The molecule has 0 saturated carbocycles. The van der Waals surface area contributed by atoms with E-state index in [9.17, 15) is 0 Å². The summed E-state index contributed by atoms with van der Waals surface area (Å²) in [6.07, 6.45) is 0. The van der Waals surface area contributed by atoms with Gasteiger partial charge in [0.15, 0.2) is 23.3 Å². The van der Waals surface area contributed by atoms with Crippen molar-refractivity contribution in [3.63, 3.8) is 0 Å². The van der Waals surface area contributed by atoms with E-state index in [1.807, 2.05) is 97.1 Å². The van der Waals surface area contributed by atoms with Gasteiger partial charge in [0.1, 0.15) is 22.6 Å². The van der Waals surface area contributed by atoms with Gasteiger partial charge in [0.25, 0.3) is 0 Å². The van der Waals surface area contributed by atoms with Crippen molar-refractivity contribution >= 4 is 70.7 Å². The van der Waals surface area contributed by atoms with Crippen LogP contribution in [0.2, 0.25) is 0 Å². The number of aromatic nitrogens is 8. The standard InChI is InChI=1S/C32H18N8.Po.2H/c1-2-10-18-17(9-1)25-33-26(18)38-28-21-13-5-6-14-22(21)30(35-28)40-32-24-16-8-7-15-23(24)31(36-32)39-29-20-12-4-3-11-19(20)27(34-29)37-25;;;/h1-16H,(H2,33,34,35,36,37,38,39,40);;;. The second kappa shape index (κ2) is 9.08. The number of benzene rings is 4. The molecular formula is C32H20N8Po. The molecule has 4 aromatic carbocycles. The minimum atomic E-state index is 0. The van der Waals surface area contributed by atoms with E-state index < -0.39 is 0 Å². The Hall–Kier alpha value is -4.86. The summed E-state index contributed by atoms with van der Waals surface area (Å²) in [5, 5.41) is 3.82. The SMILES string of the molecule is [PoH2].c1ccc2c(c1)-c1nc-2nc2[nH]c(nc3nc(nc4[nH]c(n1)c1ccccc41)-c1ccccc1-3)c1ccccc21. The summed E-state index contributed by atoms with van der Waals surface area (Å²) in [7, 11) is 0. The van der Waals surface area contributed by atoms with Crippen LogP contribution in [0.5, 0.6) is 0 Å². The topological polar surface area (TPSA) is 109 Å². The first-order valence-corrected chi connectivity index (χ1v) is 13.0. The molecule has 2 aliphatic rings. The van der Waals surface area contributed by atoms with Crippen LogP contribution in [0.4, 0.5) is 0 Å². The maximum atomic E-state index is 5.02. The predicted octanol–water partition coefficient (Wildman–Crippen LogP) is 5.95. The van der Waals surface area contributed by atoms with Crippen LogP contribution in [0.25, 0.3) is 89.7 Å². The maximum Gasteiger partial charge on any atom is 0.164 e. The van der Waals surface area contributed by atoms with E-state index in [0.29, 0.717) is 45.9 Å². The van der Waals surface area contributed by atoms with Crippen molar-refractivity contribution < 1.29 is 0 Å². The van der Waals surface area contributed by atoms with Crippen molar-refractivity contribution in [2.24, 2.45) is 0 Å². The number of rotatable bonds is 0. The fourth-order valence-electron chi connectivity index (χ4n) is 5.59. The third-order valence-electron chi connectivity index (χ3n) is 7.46. The van der Waals surface area contributed by atoms with Crippen molar-refractivity contribution in [1.29, 1.82) is 0 Å².